The van der Waals surface area contributed by atoms with Crippen LogP contribution < -0.4 is 5.32 Å². The van der Waals surface area contributed by atoms with Crippen LogP contribution in [0.15, 0.2) is 5.38 Å². The van der Waals surface area contributed by atoms with Gasteiger partial charge in [0.2, 0.25) is 0 Å². The summed E-state index contributed by atoms with van der Waals surface area (Å²) in [5, 5.41) is 6.47. The van der Waals surface area contributed by atoms with E-state index in [1.807, 2.05) is 0 Å². The number of hydrogen-bond acceptors (Lipinski definition) is 5. The Hall–Kier alpha value is -0.460. The zero-order valence-electron chi connectivity index (χ0n) is 9.55. The van der Waals surface area contributed by atoms with E-state index in [0.717, 1.165) is 23.7 Å². The molecule has 0 spiro atoms. The van der Waals surface area contributed by atoms with Gasteiger partial charge in [0.05, 0.1) is 22.2 Å². The van der Waals surface area contributed by atoms with Crippen LogP contribution in [-0.4, -0.2) is 30.9 Å². The number of hydrogen-bond donors (Lipinski definition) is 1. The lowest BCUT2D eigenvalue weighted by atomic mass is 10.1. The first-order valence-electron chi connectivity index (χ1n) is 6.00. The lowest BCUT2D eigenvalue weighted by molar-refractivity contribution is 0.601. The minimum Gasteiger partial charge on any atom is -0.308 e. The standard InChI is InChI=1S/C11H16N2O2S2/c14-17(15)4-3-8(7-17)11-13-10(6-16-11)5-12-9-1-2-9/h6,8-9,12H,1-5,7H2. The summed E-state index contributed by atoms with van der Waals surface area (Å²) in [6.07, 6.45) is 3.29. The normalized spacial score (nSPS) is 27.4. The van der Waals surface area contributed by atoms with Crippen LogP contribution in [-0.2, 0) is 16.4 Å². The minimum absolute atomic E-state index is 0.139. The third-order valence-corrected chi connectivity index (χ3v) is 6.12. The monoisotopic (exact) mass is 272 g/mol. The maximum atomic E-state index is 11.4. The maximum Gasteiger partial charge on any atom is 0.151 e. The van der Waals surface area contributed by atoms with Crippen molar-refractivity contribution >= 4 is 21.2 Å². The van der Waals surface area contributed by atoms with E-state index in [-0.39, 0.29) is 11.7 Å². The Balaban J connectivity index is 1.63. The number of aromatic nitrogens is 1. The molecule has 2 aliphatic rings. The van der Waals surface area contributed by atoms with Crippen LogP contribution in [0.4, 0.5) is 0 Å². The molecule has 1 aliphatic heterocycles. The van der Waals surface area contributed by atoms with Gasteiger partial charge in [-0.1, -0.05) is 0 Å². The van der Waals surface area contributed by atoms with Crippen LogP contribution in [0.5, 0.6) is 0 Å². The van der Waals surface area contributed by atoms with Crippen LogP contribution in [0.1, 0.15) is 35.9 Å². The van der Waals surface area contributed by atoms with Crippen molar-refractivity contribution in [3.05, 3.63) is 16.1 Å². The molecule has 17 heavy (non-hydrogen) atoms. The van der Waals surface area contributed by atoms with Gasteiger partial charge in [-0.3, -0.25) is 0 Å². The van der Waals surface area contributed by atoms with Crippen molar-refractivity contribution < 1.29 is 8.42 Å². The van der Waals surface area contributed by atoms with Crippen molar-refractivity contribution in [2.75, 3.05) is 11.5 Å². The van der Waals surface area contributed by atoms with Gasteiger partial charge >= 0.3 is 0 Å². The number of rotatable bonds is 4. The first kappa shape index (κ1) is 11.6. The zero-order valence-corrected chi connectivity index (χ0v) is 11.2. The molecule has 1 atom stereocenters. The highest BCUT2D eigenvalue weighted by Gasteiger charge is 2.31. The van der Waals surface area contributed by atoms with E-state index in [9.17, 15) is 8.42 Å². The highest BCUT2D eigenvalue weighted by Crippen LogP contribution is 2.31. The summed E-state index contributed by atoms with van der Waals surface area (Å²) < 4.78 is 22.8. The zero-order chi connectivity index (χ0) is 11.9. The quantitative estimate of drug-likeness (QED) is 0.897. The molecule has 0 bridgehead atoms. The summed E-state index contributed by atoms with van der Waals surface area (Å²) in [6, 6.07) is 0.687. The molecule has 0 amide bonds. The van der Waals surface area contributed by atoms with Gasteiger partial charge in [-0.2, -0.15) is 0 Å². The predicted molar refractivity (Wildman–Crippen MR) is 68.0 cm³/mol. The first-order chi connectivity index (χ1) is 8.12. The third kappa shape index (κ3) is 2.86. The van der Waals surface area contributed by atoms with Crippen LogP contribution in [0.2, 0.25) is 0 Å². The Morgan fingerprint density at radius 3 is 2.88 bits per heavy atom. The van der Waals surface area contributed by atoms with E-state index in [1.54, 1.807) is 11.3 Å². The summed E-state index contributed by atoms with van der Waals surface area (Å²) >= 11 is 1.60. The Kier molecular flexibility index (Phi) is 2.96. The van der Waals surface area contributed by atoms with Crippen LogP contribution >= 0.6 is 11.3 Å². The topological polar surface area (TPSA) is 59.1 Å². The molecule has 6 heteroatoms. The molecular formula is C11H16N2O2S2. The molecular weight excluding hydrogens is 256 g/mol. The molecule has 1 aromatic rings. The van der Waals surface area contributed by atoms with Gasteiger partial charge in [-0.25, -0.2) is 13.4 Å². The van der Waals surface area contributed by atoms with E-state index in [4.69, 9.17) is 0 Å². The van der Waals surface area contributed by atoms with Gasteiger partial charge in [0.1, 0.15) is 0 Å². The summed E-state index contributed by atoms with van der Waals surface area (Å²) in [5.41, 5.74) is 1.06. The minimum atomic E-state index is -2.80. The average molecular weight is 272 g/mol. The largest absolute Gasteiger partial charge is 0.308 e. The van der Waals surface area contributed by atoms with Crippen molar-refractivity contribution in [1.82, 2.24) is 10.3 Å². The van der Waals surface area contributed by atoms with E-state index >= 15 is 0 Å². The van der Waals surface area contributed by atoms with Gasteiger partial charge in [0.25, 0.3) is 0 Å². The van der Waals surface area contributed by atoms with Gasteiger partial charge < -0.3 is 5.32 Å². The molecule has 0 aromatic carbocycles. The molecule has 3 rings (SSSR count). The SMILES string of the molecule is O=S1(=O)CCC(c2nc(CNC3CC3)cs2)C1. The van der Waals surface area contributed by atoms with Crippen molar-refractivity contribution in [2.45, 2.75) is 37.8 Å². The maximum absolute atomic E-state index is 11.4. The van der Waals surface area contributed by atoms with Crippen molar-refractivity contribution in [3.8, 4) is 0 Å². The van der Waals surface area contributed by atoms with Crippen LogP contribution in [0.3, 0.4) is 0 Å². The Labute approximate surface area is 105 Å². The molecule has 1 N–H and O–H groups in total. The highest BCUT2D eigenvalue weighted by atomic mass is 32.2. The first-order valence-corrected chi connectivity index (χ1v) is 8.70. The lowest BCUT2D eigenvalue weighted by Gasteiger charge is -2.02. The lowest BCUT2D eigenvalue weighted by Crippen LogP contribution is -2.15. The molecule has 1 saturated carbocycles. The summed E-state index contributed by atoms with van der Waals surface area (Å²) in [6.45, 7) is 0.820. The Morgan fingerprint density at radius 1 is 1.41 bits per heavy atom. The van der Waals surface area contributed by atoms with Crippen LogP contribution in [0, 0.1) is 0 Å². The Morgan fingerprint density at radius 2 is 2.24 bits per heavy atom. The fraction of sp³-hybridized carbons (Fsp3) is 0.727. The molecule has 94 valence electrons. The smallest absolute Gasteiger partial charge is 0.151 e. The molecule has 2 heterocycles. The van der Waals surface area contributed by atoms with Gasteiger partial charge in [-0.15, -0.1) is 11.3 Å². The highest BCUT2D eigenvalue weighted by molar-refractivity contribution is 7.91. The molecule has 1 aromatic heterocycles. The second-order valence-corrected chi connectivity index (χ2v) is 8.05. The Bertz CT molecular complexity index is 505. The fourth-order valence-corrected chi connectivity index (χ4v) is 4.93. The molecule has 1 unspecified atom stereocenters. The summed E-state index contributed by atoms with van der Waals surface area (Å²) in [4.78, 5) is 4.55. The number of sulfone groups is 1. The van der Waals surface area contributed by atoms with Gasteiger partial charge in [0.15, 0.2) is 9.84 Å². The van der Waals surface area contributed by atoms with Gasteiger partial charge in [0, 0.05) is 23.9 Å². The van der Waals surface area contributed by atoms with Crippen molar-refractivity contribution in [2.24, 2.45) is 0 Å². The molecule has 2 fully saturated rings. The molecule has 1 aliphatic carbocycles. The number of nitrogens with one attached hydrogen (secondary N) is 1. The van der Waals surface area contributed by atoms with E-state index in [0.29, 0.717) is 11.8 Å². The van der Waals surface area contributed by atoms with Crippen molar-refractivity contribution in [1.29, 1.82) is 0 Å². The second-order valence-electron chi connectivity index (χ2n) is 4.93. The molecule has 1 saturated heterocycles. The van der Waals surface area contributed by atoms with E-state index < -0.39 is 9.84 Å². The second kappa shape index (κ2) is 4.33. The fourth-order valence-electron chi connectivity index (χ4n) is 2.12. The van der Waals surface area contributed by atoms with Crippen molar-refractivity contribution in [3.63, 3.8) is 0 Å². The van der Waals surface area contributed by atoms with E-state index in [1.165, 1.54) is 12.8 Å². The average Bonchev–Trinajstić information content (AvgIpc) is 2.86. The van der Waals surface area contributed by atoms with E-state index in [2.05, 4.69) is 15.7 Å². The number of nitrogens with zero attached hydrogens (tertiary/aromatic N) is 1. The molecule has 0 radical (unpaired) electrons. The predicted octanol–water partition coefficient (Wildman–Crippen LogP) is 1.30. The summed E-state index contributed by atoms with van der Waals surface area (Å²) in [7, 11) is -2.80. The number of thiazole rings is 1. The molecule has 4 nitrogen and oxygen atoms in total. The van der Waals surface area contributed by atoms with Gasteiger partial charge in [-0.05, 0) is 19.3 Å². The third-order valence-electron chi connectivity index (χ3n) is 3.30. The summed E-state index contributed by atoms with van der Waals surface area (Å²) in [5.74, 6) is 0.753. The van der Waals surface area contributed by atoms with Crippen LogP contribution in [0.25, 0.3) is 0 Å².